The maximum atomic E-state index is 11.5. The number of fused-ring (bicyclic) bond motifs is 1. The molecule has 2 fully saturated rings. The van der Waals surface area contributed by atoms with Gasteiger partial charge >= 0.3 is 0 Å². The Kier molecular flexibility index (Phi) is 2.21. The number of ketones is 1. The van der Waals surface area contributed by atoms with Crippen LogP contribution in [0.5, 0.6) is 0 Å². The summed E-state index contributed by atoms with van der Waals surface area (Å²) in [7, 11) is 0. The lowest BCUT2D eigenvalue weighted by Gasteiger charge is -2.39. The molecular formula is C12H20O. The summed E-state index contributed by atoms with van der Waals surface area (Å²) in [6, 6.07) is 0. The molecule has 0 saturated heterocycles. The Morgan fingerprint density at radius 1 is 1.23 bits per heavy atom. The second-order valence-corrected chi connectivity index (χ2v) is 5.19. The van der Waals surface area contributed by atoms with Gasteiger partial charge in [-0.05, 0) is 43.9 Å². The molecule has 0 aromatic carbocycles. The summed E-state index contributed by atoms with van der Waals surface area (Å²) >= 11 is 0. The van der Waals surface area contributed by atoms with E-state index in [9.17, 15) is 4.79 Å². The van der Waals surface area contributed by atoms with E-state index in [1.54, 1.807) is 6.92 Å². The van der Waals surface area contributed by atoms with Gasteiger partial charge in [0.1, 0.15) is 5.78 Å². The third-order valence-corrected chi connectivity index (χ3v) is 4.54. The molecule has 0 aromatic rings. The highest BCUT2D eigenvalue weighted by Crippen LogP contribution is 2.55. The van der Waals surface area contributed by atoms with Gasteiger partial charge in [-0.1, -0.05) is 19.8 Å². The molecule has 1 heteroatoms. The van der Waals surface area contributed by atoms with Crippen molar-refractivity contribution in [2.24, 2.45) is 17.3 Å². The molecule has 0 aromatic heterocycles. The van der Waals surface area contributed by atoms with Crippen LogP contribution in [0.1, 0.15) is 52.4 Å². The highest BCUT2D eigenvalue weighted by molar-refractivity contribution is 5.79. The maximum Gasteiger partial charge on any atom is 0.133 e. The second kappa shape index (κ2) is 3.11. The summed E-state index contributed by atoms with van der Waals surface area (Å²) in [5.74, 6) is 1.68. The van der Waals surface area contributed by atoms with E-state index in [1.165, 1.54) is 32.1 Å². The Balaban J connectivity index is 2.20. The third-order valence-electron chi connectivity index (χ3n) is 4.54. The molecule has 0 heterocycles. The number of hydrogen-bond donors (Lipinski definition) is 0. The standard InChI is InChI=1S/C12H20O/c1-9(13)11-7-6-10-5-3-4-8-12(10,11)2/h10-11H,3-8H2,1-2H3/t10-,11-,12+/m1/s1. The average molecular weight is 180 g/mol. The van der Waals surface area contributed by atoms with Crippen molar-refractivity contribution < 1.29 is 4.79 Å². The van der Waals surface area contributed by atoms with Crippen LogP contribution in [-0.2, 0) is 4.79 Å². The zero-order valence-corrected chi connectivity index (χ0v) is 8.81. The molecule has 0 unspecified atom stereocenters. The minimum absolute atomic E-state index is 0.379. The minimum atomic E-state index is 0.379. The Hall–Kier alpha value is -0.330. The minimum Gasteiger partial charge on any atom is -0.300 e. The van der Waals surface area contributed by atoms with Crippen molar-refractivity contribution in [3.8, 4) is 0 Å². The highest BCUT2D eigenvalue weighted by Gasteiger charge is 2.48. The topological polar surface area (TPSA) is 17.1 Å². The fraction of sp³-hybridized carbons (Fsp3) is 0.917. The van der Waals surface area contributed by atoms with Gasteiger partial charge in [0.2, 0.25) is 0 Å². The lowest BCUT2D eigenvalue weighted by molar-refractivity contribution is -0.124. The van der Waals surface area contributed by atoms with Crippen molar-refractivity contribution in [2.45, 2.75) is 52.4 Å². The predicted molar refractivity (Wildman–Crippen MR) is 53.5 cm³/mol. The van der Waals surface area contributed by atoms with Gasteiger partial charge in [0.15, 0.2) is 0 Å². The molecule has 0 amide bonds. The molecule has 13 heavy (non-hydrogen) atoms. The fourth-order valence-electron chi connectivity index (χ4n) is 3.73. The van der Waals surface area contributed by atoms with Crippen molar-refractivity contribution in [1.82, 2.24) is 0 Å². The predicted octanol–water partition coefficient (Wildman–Crippen LogP) is 3.18. The van der Waals surface area contributed by atoms with E-state index in [2.05, 4.69) is 6.92 Å². The van der Waals surface area contributed by atoms with Crippen LogP contribution in [0.2, 0.25) is 0 Å². The van der Waals surface area contributed by atoms with Crippen molar-refractivity contribution in [1.29, 1.82) is 0 Å². The molecule has 2 aliphatic carbocycles. The van der Waals surface area contributed by atoms with Crippen LogP contribution in [0.25, 0.3) is 0 Å². The smallest absolute Gasteiger partial charge is 0.133 e. The number of rotatable bonds is 1. The summed E-state index contributed by atoms with van der Waals surface area (Å²) in [5, 5.41) is 0. The van der Waals surface area contributed by atoms with Crippen LogP contribution in [-0.4, -0.2) is 5.78 Å². The molecule has 3 atom stereocenters. The summed E-state index contributed by atoms with van der Waals surface area (Å²) < 4.78 is 0. The fourth-order valence-corrected chi connectivity index (χ4v) is 3.73. The van der Waals surface area contributed by atoms with Crippen molar-refractivity contribution in [3.63, 3.8) is 0 Å². The van der Waals surface area contributed by atoms with Crippen LogP contribution in [0, 0.1) is 17.3 Å². The summed E-state index contributed by atoms with van der Waals surface area (Å²) in [5.41, 5.74) is 0.379. The first-order chi connectivity index (χ1) is 6.14. The van der Waals surface area contributed by atoms with E-state index >= 15 is 0 Å². The van der Waals surface area contributed by atoms with Gasteiger partial charge in [-0.15, -0.1) is 0 Å². The SMILES string of the molecule is CC(=O)[C@H]1CC[C@H]2CCCC[C@@]21C. The largest absolute Gasteiger partial charge is 0.300 e. The first-order valence-electron chi connectivity index (χ1n) is 5.65. The quantitative estimate of drug-likeness (QED) is 0.605. The molecule has 0 spiro atoms. The molecular weight excluding hydrogens is 160 g/mol. The second-order valence-electron chi connectivity index (χ2n) is 5.19. The number of carbonyl (C=O) groups is 1. The van der Waals surface area contributed by atoms with E-state index in [0.717, 1.165) is 12.3 Å². The van der Waals surface area contributed by atoms with Crippen molar-refractivity contribution in [2.75, 3.05) is 0 Å². The Morgan fingerprint density at radius 2 is 2.00 bits per heavy atom. The van der Waals surface area contributed by atoms with Crippen LogP contribution in [0.15, 0.2) is 0 Å². The zero-order valence-electron chi connectivity index (χ0n) is 8.81. The average Bonchev–Trinajstić information content (AvgIpc) is 2.41. The molecule has 2 aliphatic rings. The van der Waals surface area contributed by atoms with Crippen LogP contribution in [0.4, 0.5) is 0 Å². The lowest BCUT2D eigenvalue weighted by Crippen LogP contribution is -2.34. The van der Waals surface area contributed by atoms with Gasteiger partial charge in [-0.2, -0.15) is 0 Å². The molecule has 2 saturated carbocycles. The maximum absolute atomic E-state index is 11.5. The van der Waals surface area contributed by atoms with E-state index < -0.39 is 0 Å². The number of Topliss-reactive ketones (excluding diaryl/α,β-unsaturated/α-hetero) is 1. The molecule has 0 N–H and O–H groups in total. The molecule has 0 aliphatic heterocycles. The molecule has 0 bridgehead atoms. The monoisotopic (exact) mass is 180 g/mol. The lowest BCUT2D eigenvalue weighted by atomic mass is 9.65. The number of carbonyl (C=O) groups excluding carboxylic acids is 1. The van der Waals surface area contributed by atoms with Gasteiger partial charge in [0.25, 0.3) is 0 Å². The van der Waals surface area contributed by atoms with Gasteiger partial charge in [0.05, 0.1) is 0 Å². The van der Waals surface area contributed by atoms with E-state index in [-0.39, 0.29) is 0 Å². The van der Waals surface area contributed by atoms with Gasteiger partial charge in [-0.25, -0.2) is 0 Å². The molecule has 0 radical (unpaired) electrons. The Morgan fingerprint density at radius 3 is 2.69 bits per heavy atom. The van der Waals surface area contributed by atoms with Crippen molar-refractivity contribution >= 4 is 5.78 Å². The van der Waals surface area contributed by atoms with Crippen molar-refractivity contribution in [3.05, 3.63) is 0 Å². The first kappa shape index (κ1) is 9.23. The molecule has 1 nitrogen and oxygen atoms in total. The molecule has 2 rings (SSSR count). The van der Waals surface area contributed by atoms with Crippen LogP contribution >= 0.6 is 0 Å². The van der Waals surface area contributed by atoms with Gasteiger partial charge in [0, 0.05) is 5.92 Å². The number of hydrogen-bond acceptors (Lipinski definition) is 1. The Labute approximate surface area is 80.9 Å². The van der Waals surface area contributed by atoms with E-state index in [0.29, 0.717) is 17.1 Å². The van der Waals surface area contributed by atoms with Gasteiger partial charge < -0.3 is 0 Å². The highest BCUT2D eigenvalue weighted by atomic mass is 16.1. The first-order valence-corrected chi connectivity index (χ1v) is 5.65. The summed E-state index contributed by atoms with van der Waals surface area (Å²) in [6.45, 7) is 4.14. The Bertz CT molecular complexity index is 221. The van der Waals surface area contributed by atoms with E-state index in [1.807, 2.05) is 0 Å². The third kappa shape index (κ3) is 1.33. The molecule has 74 valence electrons. The summed E-state index contributed by atoms with van der Waals surface area (Å²) in [4.78, 5) is 11.5. The van der Waals surface area contributed by atoms with Crippen LogP contribution < -0.4 is 0 Å². The summed E-state index contributed by atoms with van der Waals surface area (Å²) in [6.07, 6.45) is 7.88. The van der Waals surface area contributed by atoms with Gasteiger partial charge in [-0.3, -0.25) is 4.79 Å². The van der Waals surface area contributed by atoms with E-state index in [4.69, 9.17) is 0 Å². The zero-order chi connectivity index (χ0) is 9.47. The van der Waals surface area contributed by atoms with Crippen LogP contribution in [0.3, 0.4) is 0 Å². The normalized spacial score (nSPS) is 44.5.